The van der Waals surface area contributed by atoms with Crippen molar-refractivity contribution >= 4 is 73.2 Å². The van der Waals surface area contributed by atoms with Crippen LogP contribution in [0.1, 0.15) is 1.43 Å². The SMILES string of the molecule is OB(O)O.OB(O)O.OB(O)O.OB(O)O.OB(O)O.OB(O)O.OB(O)O.OB(O)O.OB(O)O.OB(O)O.[H-].[K+]. The first-order chi connectivity index (χ1) is 17.3. The van der Waals surface area contributed by atoms with Crippen molar-refractivity contribution in [2.45, 2.75) is 0 Å². The molecule has 0 aliphatic rings. The van der Waals surface area contributed by atoms with E-state index in [2.05, 4.69) is 0 Å². The quantitative estimate of drug-likeness (QED) is 0.107. The molecule has 0 saturated carbocycles. The molecule has 0 unspecified atom stereocenters. The van der Waals surface area contributed by atoms with Crippen LogP contribution >= 0.6 is 0 Å². The Kier molecular flexibility index (Phi) is 123. The van der Waals surface area contributed by atoms with Gasteiger partial charge >= 0.3 is 125 Å². The Morgan fingerprint density at radius 1 is 0.146 bits per heavy atom. The molecule has 41 heteroatoms. The van der Waals surface area contributed by atoms with E-state index in [1.165, 1.54) is 0 Å². The average molecular weight is 658 g/mol. The van der Waals surface area contributed by atoms with Gasteiger partial charge in [-0.2, -0.15) is 0 Å². The summed E-state index contributed by atoms with van der Waals surface area (Å²) in [6, 6.07) is 0. The molecule has 0 bridgehead atoms. The van der Waals surface area contributed by atoms with Gasteiger partial charge in [-0.25, -0.2) is 0 Å². The molecule has 0 rings (SSSR count). The molecule has 0 amide bonds. The molecule has 0 radical (unpaired) electrons. The first-order valence-electron chi connectivity index (χ1n) is 7.75. The number of rotatable bonds is 0. The third-order valence-corrected chi connectivity index (χ3v) is 0. The first kappa shape index (κ1) is 73.5. The van der Waals surface area contributed by atoms with Gasteiger partial charge in [0.2, 0.25) is 0 Å². The molecule has 0 atom stereocenters. The van der Waals surface area contributed by atoms with E-state index >= 15 is 0 Å². The van der Waals surface area contributed by atoms with E-state index in [0.717, 1.165) is 0 Å². The van der Waals surface area contributed by atoms with Gasteiger partial charge in [-0.05, 0) is 0 Å². The molecule has 0 aromatic carbocycles. The van der Waals surface area contributed by atoms with Gasteiger partial charge in [-0.1, -0.05) is 0 Å². The molecule has 41 heavy (non-hydrogen) atoms. The van der Waals surface area contributed by atoms with Gasteiger partial charge < -0.3 is 152 Å². The maximum absolute atomic E-state index is 7.17. The predicted octanol–water partition coefficient (Wildman–Crippen LogP) is -23.4. The zero-order chi connectivity index (χ0) is 35.8. The summed E-state index contributed by atoms with van der Waals surface area (Å²) in [5, 5.41) is 215. The average Bonchev–Trinajstić information content (AvgIpc) is 2.47. The molecule has 0 saturated heterocycles. The minimum absolute atomic E-state index is 0. The summed E-state index contributed by atoms with van der Waals surface area (Å²) in [5.74, 6) is 0. The maximum atomic E-state index is 7.17. The topological polar surface area (TPSA) is 607 Å². The van der Waals surface area contributed by atoms with Crippen LogP contribution in [0.3, 0.4) is 0 Å². The second-order valence-corrected chi connectivity index (χ2v) is 3.46. The molecule has 30 N–H and O–H groups in total. The molecular formula is H31B10KO30. The van der Waals surface area contributed by atoms with Crippen molar-refractivity contribution in [3.8, 4) is 0 Å². The third-order valence-electron chi connectivity index (χ3n) is 0. The van der Waals surface area contributed by atoms with Crippen LogP contribution in [0, 0.1) is 0 Å². The standard InChI is InChI=1S/10BH3O3.K.H/c10*2-1(3)4;;/h10*2-4H;;/q;;;;;;;;;;+1;-1. The van der Waals surface area contributed by atoms with Crippen molar-refractivity contribution < 1.29 is 204 Å². The van der Waals surface area contributed by atoms with Crippen molar-refractivity contribution in [1.29, 1.82) is 0 Å². The monoisotopic (exact) mass is 660 g/mol. The van der Waals surface area contributed by atoms with Crippen LogP contribution in [-0.4, -0.2) is 224 Å². The second kappa shape index (κ2) is 68.3. The Bertz CT molecular complexity index is 193. The van der Waals surface area contributed by atoms with E-state index in [4.69, 9.17) is 151 Å². The zero-order valence-corrected chi connectivity index (χ0v) is 23.3. The van der Waals surface area contributed by atoms with Crippen molar-refractivity contribution in [3.63, 3.8) is 0 Å². The summed E-state index contributed by atoms with van der Waals surface area (Å²) >= 11 is 0. The van der Waals surface area contributed by atoms with E-state index in [0.29, 0.717) is 0 Å². The van der Waals surface area contributed by atoms with Crippen LogP contribution in [0.4, 0.5) is 0 Å². The Balaban J connectivity index is -0.0000000237. The van der Waals surface area contributed by atoms with Gasteiger partial charge in [0.25, 0.3) is 0 Å². The van der Waals surface area contributed by atoms with Crippen molar-refractivity contribution in [3.05, 3.63) is 0 Å². The molecule has 0 aliphatic heterocycles. The Labute approximate surface area is 275 Å². The van der Waals surface area contributed by atoms with Gasteiger partial charge in [0.1, 0.15) is 0 Å². The Morgan fingerprint density at radius 3 is 0.146 bits per heavy atom. The second-order valence-electron chi connectivity index (χ2n) is 3.46. The molecule has 0 aliphatic carbocycles. The van der Waals surface area contributed by atoms with E-state index in [-0.39, 0.29) is 52.8 Å². The molecule has 0 aromatic rings. The molecule has 0 heterocycles. The molecule has 0 spiro atoms. The fraction of sp³-hybridized carbons (Fsp3) is 0. The summed E-state index contributed by atoms with van der Waals surface area (Å²) in [6.07, 6.45) is 0. The van der Waals surface area contributed by atoms with Crippen LogP contribution in [0.5, 0.6) is 0 Å². The minimum Gasteiger partial charge on any atom is -1.00 e. The first-order valence-corrected chi connectivity index (χ1v) is 7.75. The van der Waals surface area contributed by atoms with E-state index < -0.39 is 73.2 Å². The minimum atomic E-state index is -2.17. The largest absolute Gasteiger partial charge is 1.00 e. The van der Waals surface area contributed by atoms with Crippen molar-refractivity contribution in [1.82, 2.24) is 0 Å². The van der Waals surface area contributed by atoms with Crippen LogP contribution in [0.2, 0.25) is 0 Å². The van der Waals surface area contributed by atoms with Crippen LogP contribution in [0.25, 0.3) is 0 Å². The summed E-state index contributed by atoms with van der Waals surface area (Å²) in [4.78, 5) is 0. The van der Waals surface area contributed by atoms with Crippen molar-refractivity contribution in [2.24, 2.45) is 0 Å². The van der Waals surface area contributed by atoms with Gasteiger partial charge in [0.05, 0.1) is 0 Å². The maximum Gasteiger partial charge on any atom is 1.00 e. The zero-order valence-electron chi connectivity index (χ0n) is 21.2. The smallest absolute Gasteiger partial charge is 1.00 e. The molecule has 30 nitrogen and oxygen atoms in total. The molecule has 0 fully saturated rings. The predicted molar refractivity (Wildman–Crippen MR) is 125 cm³/mol. The normalized spacial score (nSPS) is 6.59. The van der Waals surface area contributed by atoms with Crippen molar-refractivity contribution in [2.75, 3.05) is 0 Å². The van der Waals surface area contributed by atoms with Gasteiger partial charge in [0, 0.05) is 0 Å². The summed E-state index contributed by atoms with van der Waals surface area (Å²) in [6.45, 7) is 0. The van der Waals surface area contributed by atoms with Crippen LogP contribution in [-0.2, 0) is 0 Å². The fourth-order valence-corrected chi connectivity index (χ4v) is 0. The number of hydrogen-bond donors (Lipinski definition) is 30. The third kappa shape index (κ3) is 53200. The Hall–Kier alpha value is 1.09. The molecular weight excluding hydrogens is 627 g/mol. The van der Waals surface area contributed by atoms with Crippen LogP contribution < -0.4 is 51.4 Å². The van der Waals surface area contributed by atoms with E-state index in [1.807, 2.05) is 0 Å². The van der Waals surface area contributed by atoms with Gasteiger partial charge in [-0.15, -0.1) is 0 Å². The number of hydrogen-bond acceptors (Lipinski definition) is 30. The molecule has 242 valence electrons. The van der Waals surface area contributed by atoms with Crippen LogP contribution in [0.15, 0.2) is 0 Å². The summed E-state index contributed by atoms with van der Waals surface area (Å²) in [5.41, 5.74) is 0. The summed E-state index contributed by atoms with van der Waals surface area (Å²) in [7, 11) is -21.7. The van der Waals surface area contributed by atoms with E-state index in [9.17, 15) is 0 Å². The van der Waals surface area contributed by atoms with Gasteiger partial charge in [0.15, 0.2) is 0 Å². The molecule has 0 aromatic heterocycles. The van der Waals surface area contributed by atoms with Gasteiger partial charge in [-0.3, -0.25) is 0 Å². The Morgan fingerprint density at radius 2 is 0.146 bits per heavy atom. The fourth-order valence-electron chi connectivity index (χ4n) is 0. The van der Waals surface area contributed by atoms with E-state index in [1.54, 1.807) is 0 Å². The summed E-state index contributed by atoms with van der Waals surface area (Å²) < 4.78 is 0.